The molecule has 0 aromatic carbocycles. The minimum absolute atomic E-state index is 1.03. The number of imidazole rings is 1. The Bertz CT molecular complexity index is 313. The van der Waals surface area contributed by atoms with Gasteiger partial charge in [0.15, 0.2) is 0 Å². The highest BCUT2D eigenvalue weighted by Crippen LogP contribution is 1.96. The minimum atomic E-state index is -2.67. The number of hydrogen-bond donors (Lipinski definition) is 8. The van der Waals surface area contributed by atoms with Crippen molar-refractivity contribution >= 4 is 29.6 Å². The van der Waals surface area contributed by atoms with Crippen LogP contribution in [0.15, 0.2) is 12.4 Å². The molecule has 18 heteroatoms. The lowest BCUT2D eigenvalue weighted by Crippen LogP contribution is -1.98. The Kier molecular flexibility index (Phi) is 28.9. The highest BCUT2D eigenvalue weighted by Gasteiger charge is 1.98. The van der Waals surface area contributed by atoms with E-state index in [1.807, 2.05) is 12.4 Å². The summed E-state index contributed by atoms with van der Waals surface area (Å²) in [5, 5.41) is 55.6. The predicted molar refractivity (Wildman–Crippen MR) is 82.5 cm³/mol. The van der Waals surface area contributed by atoms with E-state index in [-0.39, 0.29) is 0 Å². The average molecular weight is 379 g/mol. The SMILES string of the molecule is CCc1nccn1CC.OB(O)F.OB(O)F.OB(O)F.OB(O)F. The van der Waals surface area contributed by atoms with Crippen LogP contribution in [0.3, 0.4) is 0 Å². The Morgan fingerprint density at radius 2 is 1.08 bits per heavy atom. The van der Waals surface area contributed by atoms with E-state index >= 15 is 0 Å². The molecule has 10 nitrogen and oxygen atoms in total. The maximum atomic E-state index is 10.1. The van der Waals surface area contributed by atoms with Gasteiger partial charge in [-0.1, -0.05) is 6.92 Å². The largest absolute Gasteiger partial charge is 0.674 e. The van der Waals surface area contributed by atoms with Crippen molar-refractivity contribution < 1.29 is 57.5 Å². The van der Waals surface area contributed by atoms with E-state index < -0.39 is 29.6 Å². The lowest BCUT2D eigenvalue weighted by atomic mass is 10.3. The Balaban J connectivity index is -0.000000119. The van der Waals surface area contributed by atoms with Gasteiger partial charge in [-0.25, -0.2) is 4.98 Å². The second-order valence-corrected chi connectivity index (χ2v) is 3.23. The number of halogens is 4. The van der Waals surface area contributed by atoms with E-state index in [2.05, 4.69) is 23.4 Å². The molecule has 0 aliphatic heterocycles. The lowest BCUT2D eigenvalue weighted by Gasteiger charge is -1.98. The third-order valence-electron chi connectivity index (χ3n) is 1.46. The summed E-state index contributed by atoms with van der Waals surface area (Å²) in [6, 6.07) is 0. The molecule has 1 aromatic rings. The van der Waals surface area contributed by atoms with Gasteiger partial charge in [0.05, 0.1) is 0 Å². The molecule has 0 atom stereocenters. The van der Waals surface area contributed by atoms with Gasteiger partial charge < -0.3 is 44.8 Å². The fourth-order valence-electron chi connectivity index (χ4n) is 0.942. The summed E-state index contributed by atoms with van der Waals surface area (Å²) in [4.78, 5) is 4.17. The van der Waals surface area contributed by atoms with E-state index in [0.717, 1.165) is 13.0 Å². The number of aryl methyl sites for hydroxylation is 2. The van der Waals surface area contributed by atoms with Crippen molar-refractivity contribution in [3.63, 3.8) is 0 Å². The molecule has 1 aromatic heterocycles. The van der Waals surface area contributed by atoms with E-state index in [1.54, 1.807) is 0 Å². The van der Waals surface area contributed by atoms with Crippen molar-refractivity contribution in [1.82, 2.24) is 9.55 Å². The fraction of sp³-hybridized carbons (Fsp3) is 0.571. The fourth-order valence-corrected chi connectivity index (χ4v) is 0.942. The zero-order valence-corrected chi connectivity index (χ0v) is 13.4. The molecule has 8 N–H and O–H groups in total. The summed E-state index contributed by atoms with van der Waals surface area (Å²) in [5.74, 6) is 1.18. The highest BCUT2D eigenvalue weighted by molar-refractivity contribution is 6.32. The van der Waals surface area contributed by atoms with Crippen molar-refractivity contribution in [2.75, 3.05) is 0 Å². The van der Waals surface area contributed by atoms with Crippen LogP contribution in [0.4, 0.5) is 17.3 Å². The molecule has 0 bridgehead atoms. The highest BCUT2D eigenvalue weighted by atomic mass is 19.1. The van der Waals surface area contributed by atoms with Gasteiger partial charge in [-0.05, 0) is 6.92 Å². The normalized spacial score (nSPS) is 7.92. The van der Waals surface area contributed by atoms with E-state index in [4.69, 9.17) is 40.2 Å². The van der Waals surface area contributed by atoms with Crippen molar-refractivity contribution in [2.45, 2.75) is 26.8 Å². The Morgan fingerprint density at radius 3 is 1.24 bits per heavy atom. The van der Waals surface area contributed by atoms with Crippen LogP contribution in [0.1, 0.15) is 19.7 Å². The van der Waals surface area contributed by atoms with E-state index in [0.29, 0.717) is 0 Å². The first-order chi connectivity index (χ1) is 11.3. The summed E-state index contributed by atoms with van der Waals surface area (Å²) in [6.45, 7) is 5.28. The van der Waals surface area contributed by atoms with Gasteiger partial charge in [0.25, 0.3) is 0 Å². The smallest absolute Gasteiger partial charge is 0.398 e. The zero-order valence-electron chi connectivity index (χ0n) is 13.4. The topological polar surface area (TPSA) is 180 Å². The maximum Gasteiger partial charge on any atom is 0.674 e. The average Bonchev–Trinajstić information content (AvgIpc) is 2.83. The minimum Gasteiger partial charge on any atom is -0.398 e. The molecule has 0 spiro atoms. The maximum absolute atomic E-state index is 10.1. The van der Waals surface area contributed by atoms with Gasteiger partial charge in [0, 0.05) is 25.4 Å². The molecule has 25 heavy (non-hydrogen) atoms. The van der Waals surface area contributed by atoms with Crippen LogP contribution in [0.5, 0.6) is 0 Å². The summed E-state index contributed by atoms with van der Waals surface area (Å²) in [6.07, 6.45) is 4.89. The molecule has 0 fully saturated rings. The van der Waals surface area contributed by atoms with Gasteiger partial charge in [-0.3, -0.25) is 17.3 Å². The molecule has 0 unspecified atom stereocenters. The summed E-state index contributed by atoms with van der Waals surface area (Å²) >= 11 is 0. The first-order valence-electron chi connectivity index (χ1n) is 6.32. The Morgan fingerprint density at radius 1 is 0.800 bits per heavy atom. The second kappa shape index (κ2) is 22.9. The molecular formula is C7H20B4F4N2O8. The molecule has 1 rings (SSSR count). The summed E-state index contributed by atoms with van der Waals surface area (Å²) in [7, 11) is -10.7. The standard InChI is InChI=1S/C7H12N2.4BFH2O2/c1-3-7-8-5-6-9(7)4-2;4*2-1(3)4/h5-6H,3-4H2,1-2H3;4*3-4H. The predicted octanol–water partition coefficient (Wildman–Crippen LogP) is -2.83. The van der Waals surface area contributed by atoms with Crippen LogP contribution in [0.2, 0.25) is 0 Å². The van der Waals surface area contributed by atoms with Crippen LogP contribution in [-0.4, -0.2) is 79.3 Å². The quantitative estimate of drug-likeness (QED) is 0.198. The molecule has 0 radical (unpaired) electrons. The monoisotopic (exact) mass is 380 g/mol. The molecule has 0 saturated carbocycles. The molecular weight excluding hydrogens is 359 g/mol. The van der Waals surface area contributed by atoms with Gasteiger partial charge in [-0.15, -0.1) is 0 Å². The van der Waals surface area contributed by atoms with Gasteiger partial charge in [0.1, 0.15) is 5.82 Å². The van der Waals surface area contributed by atoms with Crippen LogP contribution >= 0.6 is 0 Å². The molecule has 0 saturated heterocycles. The summed E-state index contributed by atoms with van der Waals surface area (Å²) < 4.78 is 42.6. The van der Waals surface area contributed by atoms with Crippen molar-refractivity contribution in [3.05, 3.63) is 18.2 Å². The van der Waals surface area contributed by atoms with Crippen molar-refractivity contribution in [3.8, 4) is 0 Å². The van der Waals surface area contributed by atoms with Crippen LogP contribution < -0.4 is 0 Å². The molecule has 1 heterocycles. The van der Waals surface area contributed by atoms with Gasteiger partial charge >= 0.3 is 29.6 Å². The van der Waals surface area contributed by atoms with E-state index in [9.17, 15) is 17.3 Å². The molecule has 0 amide bonds. The van der Waals surface area contributed by atoms with Crippen LogP contribution in [-0.2, 0) is 13.0 Å². The number of rotatable bonds is 2. The van der Waals surface area contributed by atoms with Crippen LogP contribution in [0.25, 0.3) is 0 Å². The molecule has 146 valence electrons. The molecule has 0 aliphatic rings. The summed E-state index contributed by atoms with van der Waals surface area (Å²) in [5.41, 5.74) is 0. The first-order valence-corrected chi connectivity index (χ1v) is 6.32. The number of hydrogen-bond acceptors (Lipinski definition) is 9. The Labute approximate surface area is 142 Å². The van der Waals surface area contributed by atoms with Crippen molar-refractivity contribution in [2.24, 2.45) is 0 Å². The first kappa shape index (κ1) is 31.6. The number of nitrogens with zero attached hydrogens (tertiary/aromatic N) is 2. The second-order valence-electron chi connectivity index (χ2n) is 3.23. The van der Waals surface area contributed by atoms with Crippen molar-refractivity contribution in [1.29, 1.82) is 0 Å². The van der Waals surface area contributed by atoms with Crippen LogP contribution in [0, 0.1) is 0 Å². The Hall–Kier alpha value is -1.13. The third-order valence-corrected chi connectivity index (χ3v) is 1.46. The lowest BCUT2D eigenvalue weighted by molar-refractivity contribution is 0.338. The molecule has 0 aliphatic carbocycles. The number of aromatic nitrogens is 2. The zero-order chi connectivity index (χ0) is 21.0. The van der Waals surface area contributed by atoms with E-state index in [1.165, 1.54) is 5.82 Å². The van der Waals surface area contributed by atoms with Gasteiger partial charge in [-0.2, -0.15) is 0 Å². The van der Waals surface area contributed by atoms with Gasteiger partial charge in [0.2, 0.25) is 0 Å². The third kappa shape index (κ3) is 60.1.